The Morgan fingerprint density at radius 3 is 2.68 bits per heavy atom. The van der Waals surface area contributed by atoms with Crippen LogP contribution in [-0.4, -0.2) is 47.9 Å². The van der Waals surface area contributed by atoms with Crippen molar-refractivity contribution in [2.24, 2.45) is 5.92 Å². The van der Waals surface area contributed by atoms with Gasteiger partial charge in [-0.05, 0) is 66.5 Å². The highest BCUT2D eigenvalue weighted by molar-refractivity contribution is 7.10. The average molecular weight is 479 g/mol. The Kier molecular flexibility index (Phi) is 6.63. The highest BCUT2D eigenvalue weighted by Gasteiger charge is 2.35. The van der Waals surface area contributed by atoms with Crippen molar-refractivity contribution in [3.05, 3.63) is 87.9 Å². The van der Waals surface area contributed by atoms with Crippen LogP contribution >= 0.6 is 11.3 Å². The molecular formula is C27H27FN2O3S. The summed E-state index contributed by atoms with van der Waals surface area (Å²) in [6.07, 6.45) is 2.97. The third-order valence-corrected chi connectivity index (χ3v) is 7.43. The zero-order valence-corrected chi connectivity index (χ0v) is 19.7. The van der Waals surface area contributed by atoms with Crippen LogP contribution in [0.15, 0.2) is 66.0 Å². The van der Waals surface area contributed by atoms with E-state index in [4.69, 9.17) is 4.74 Å². The molecule has 1 atom stereocenters. The lowest BCUT2D eigenvalue weighted by atomic mass is 10.0. The maximum Gasteiger partial charge on any atom is 0.254 e. The third-order valence-electron chi connectivity index (χ3n) is 6.43. The molecule has 2 amide bonds. The van der Waals surface area contributed by atoms with E-state index in [1.165, 1.54) is 17.0 Å². The molecule has 2 aliphatic rings. The maximum atomic E-state index is 13.6. The first-order valence-corrected chi connectivity index (χ1v) is 12.5. The fourth-order valence-electron chi connectivity index (χ4n) is 4.46. The monoisotopic (exact) mass is 478 g/mol. The van der Waals surface area contributed by atoms with Gasteiger partial charge in [0.1, 0.15) is 24.7 Å². The molecule has 2 heterocycles. The maximum absolute atomic E-state index is 13.6. The van der Waals surface area contributed by atoms with Crippen LogP contribution in [0.5, 0.6) is 5.75 Å². The second-order valence-electron chi connectivity index (χ2n) is 8.92. The van der Waals surface area contributed by atoms with Gasteiger partial charge in [-0.2, -0.15) is 0 Å². The molecule has 34 heavy (non-hydrogen) atoms. The Morgan fingerprint density at radius 1 is 1.09 bits per heavy atom. The molecule has 1 saturated carbocycles. The van der Waals surface area contributed by atoms with Gasteiger partial charge in [-0.1, -0.05) is 24.3 Å². The topological polar surface area (TPSA) is 49.9 Å². The number of amides is 2. The second kappa shape index (κ2) is 9.97. The predicted octanol–water partition coefficient (Wildman–Crippen LogP) is 4.94. The molecule has 3 aromatic rings. The molecular weight excluding hydrogens is 451 g/mol. The zero-order valence-electron chi connectivity index (χ0n) is 18.9. The minimum atomic E-state index is -0.361. The lowest BCUT2D eigenvalue weighted by Crippen LogP contribution is -2.48. The molecule has 7 heteroatoms. The fourth-order valence-corrected chi connectivity index (χ4v) is 5.38. The molecule has 0 radical (unpaired) electrons. The molecule has 1 unspecified atom stereocenters. The van der Waals surface area contributed by atoms with Gasteiger partial charge in [-0.15, -0.1) is 11.3 Å². The summed E-state index contributed by atoms with van der Waals surface area (Å²) >= 11 is 1.68. The standard InChI is InChI=1S/C27H27FN2O3S/c28-21-7-4-8-22(15-21)33-18-24-23-12-14-34-25(23)11-13-30(24)26(31)17-29(16-19-9-10-19)27(32)20-5-2-1-3-6-20/h1-8,12,14-15,19,24H,9-11,13,16-18H2. The number of carbonyl (C=O) groups excluding carboxylic acids is 2. The fraction of sp³-hybridized carbons (Fsp3) is 0.333. The van der Waals surface area contributed by atoms with E-state index in [9.17, 15) is 14.0 Å². The van der Waals surface area contributed by atoms with Crippen molar-refractivity contribution in [3.8, 4) is 5.75 Å². The van der Waals surface area contributed by atoms with Gasteiger partial charge in [-0.3, -0.25) is 9.59 Å². The second-order valence-corrected chi connectivity index (χ2v) is 9.92. The van der Waals surface area contributed by atoms with Crippen molar-refractivity contribution in [2.75, 3.05) is 26.2 Å². The summed E-state index contributed by atoms with van der Waals surface area (Å²) < 4.78 is 19.5. The van der Waals surface area contributed by atoms with E-state index in [-0.39, 0.29) is 36.8 Å². The summed E-state index contributed by atoms with van der Waals surface area (Å²) in [6, 6.07) is 16.9. The van der Waals surface area contributed by atoms with Crippen molar-refractivity contribution in [2.45, 2.75) is 25.3 Å². The van der Waals surface area contributed by atoms with Gasteiger partial charge in [-0.25, -0.2) is 4.39 Å². The lowest BCUT2D eigenvalue weighted by molar-refractivity contribution is -0.135. The van der Waals surface area contributed by atoms with Crippen molar-refractivity contribution in [3.63, 3.8) is 0 Å². The van der Waals surface area contributed by atoms with Crippen LogP contribution in [0.25, 0.3) is 0 Å². The molecule has 1 aromatic heterocycles. The van der Waals surface area contributed by atoms with E-state index in [1.807, 2.05) is 34.5 Å². The smallest absolute Gasteiger partial charge is 0.254 e. The summed E-state index contributed by atoms with van der Waals surface area (Å²) in [4.78, 5) is 31.5. The molecule has 0 N–H and O–H groups in total. The Bertz CT molecular complexity index is 1160. The van der Waals surface area contributed by atoms with E-state index >= 15 is 0 Å². The third kappa shape index (κ3) is 5.14. The molecule has 1 aliphatic carbocycles. The molecule has 0 spiro atoms. The minimum absolute atomic E-state index is 0.0418. The van der Waals surface area contributed by atoms with Crippen molar-refractivity contribution < 1.29 is 18.7 Å². The number of nitrogens with zero attached hydrogens (tertiary/aromatic N) is 2. The molecule has 1 aliphatic heterocycles. The van der Waals surface area contributed by atoms with Crippen molar-refractivity contribution in [1.29, 1.82) is 0 Å². The van der Waals surface area contributed by atoms with Crippen molar-refractivity contribution >= 4 is 23.2 Å². The summed E-state index contributed by atoms with van der Waals surface area (Å²) in [5.74, 6) is 0.346. The Balaban J connectivity index is 1.34. The summed E-state index contributed by atoms with van der Waals surface area (Å²) in [5.41, 5.74) is 1.67. The molecule has 5 nitrogen and oxygen atoms in total. The van der Waals surface area contributed by atoms with Gasteiger partial charge in [0, 0.05) is 29.6 Å². The lowest BCUT2D eigenvalue weighted by Gasteiger charge is -2.37. The van der Waals surface area contributed by atoms with E-state index in [2.05, 4.69) is 0 Å². The molecule has 0 bridgehead atoms. The Labute approximate surface area is 202 Å². The van der Waals surface area contributed by atoms with Crippen LogP contribution in [0.4, 0.5) is 4.39 Å². The number of fused-ring (bicyclic) bond motifs is 1. The number of rotatable bonds is 8. The van der Waals surface area contributed by atoms with Crippen LogP contribution in [0.1, 0.15) is 39.7 Å². The molecule has 1 fully saturated rings. The van der Waals surface area contributed by atoms with Gasteiger partial charge in [0.15, 0.2) is 0 Å². The normalized spacial score (nSPS) is 17.2. The average Bonchev–Trinajstić information content (AvgIpc) is 3.54. The molecule has 5 rings (SSSR count). The van der Waals surface area contributed by atoms with Crippen LogP contribution in [-0.2, 0) is 11.2 Å². The van der Waals surface area contributed by atoms with E-state index in [1.54, 1.807) is 40.5 Å². The molecule has 2 aromatic carbocycles. The Hall–Kier alpha value is -3.19. The summed E-state index contributed by atoms with van der Waals surface area (Å²) in [6.45, 7) is 1.44. The van der Waals surface area contributed by atoms with Crippen LogP contribution in [0.3, 0.4) is 0 Å². The number of halogens is 1. The zero-order chi connectivity index (χ0) is 23.5. The highest BCUT2D eigenvalue weighted by atomic mass is 32.1. The van der Waals surface area contributed by atoms with Gasteiger partial charge in [0.25, 0.3) is 5.91 Å². The first-order valence-electron chi connectivity index (χ1n) is 11.7. The van der Waals surface area contributed by atoms with Gasteiger partial charge < -0.3 is 14.5 Å². The summed E-state index contributed by atoms with van der Waals surface area (Å²) in [5, 5.41) is 2.03. The van der Waals surface area contributed by atoms with E-state index in [0.717, 1.165) is 24.8 Å². The van der Waals surface area contributed by atoms with Gasteiger partial charge >= 0.3 is 0 Å². The number of hydrogen-bond donors (Lipinski definition) is 0. The quantitative estimate of drug-likeness (QED) is 0.461. The van der Waals surface area contributed by atoms with Gasteiger partial charge in [0.2, 0.25) is 5.91 Å². The van der Waals surface area contributed by atoms with Crippen LogP contribution in [0, 0.1) is 11.7 Å². The van der Waals surface area contributed by atoms with Crippen LogP contribution < -0.4 is 4.74 Å². The summed E-state index contributed by atoms with van der Waals surface area (Å²) in [7, 11) is 0. The number of ether oxygens (including phenoxy) is 1. The predicted molar refractivity (Wildman–Crippen MR) is 129 cm³/mol. The first-order chi connectivity index (χ1) is 16.6. The highest BCUT2D eigenvalue weighted by Crippen LogP contribution is 2.35. The van der Waals surface area contributed by atoms with Gasteiger partial charge in [0.05, 0.1) is 6.04 Å². The largest absolute Gasteiger partial charge is 0.491 e. The number of hydrogen-bond acceptors (Lipinski definition) is 4. The number of carbonyl (C=O) groups is 2. The molecule has 176 valence electrons. The molecule has 0 saturated heterocycles. The first kappa shape index (κ1) is 22.6. The SMILES string of the molecule is O=C(c1ccccc1)N(CC(=O)N1CCc2sccc2C1COc1cccc(F)c1)CC1CC1. The number of thiophene rings is 1. The number of benzene rings is 2. The van der Waals surface area contributed by atoms with E-state index in [0.29, 0.717) is 30.3 Å². The minimum Gasteiger partial charge on any atom is -0.491 e. The van der Waals surface area contributed by atoms with E-state index < -0.39 is 0 Å². The van der Waals surface area contributed by atoms with Crippen molar-refractivity contribution in [1.82, 2.24) is 9.80 Å². The Morgan fingerprint density at radius 2 is 1.91 bits per heavy atom. The van der Waals surface area contributed by atoms with Crippen LogP contribution in [0.2, 0.25) is 0 Å².